The first-order chi connectivity index (χ1) is 10.2. The molecule has 2 atom stereocenters. The Morgan fingerprint density at radius 1 is 1.14 bits per heavy atom. The molecule has 1 saturated heterocycles. The number of fused-ring (bicyclic) bond motifs is 1. The largest absolute Gasteiger partial charge is 0.298 e. The predicted molar refractivity (Wildman–Crippen MR) is 81.6 cm³/mol. The molecule has 1 aromatic carbocycles. The minimum Gasteiger partial charge on any atom is -0.298 e. The molecule has 3 rings (SSSR count). The first kappa shape index (κ1) is 14.7. The van der Waals surface area contributed by atoms with Crippen molar-refractivity contribution in [3.63, 3.8) is 0 Å². The third-order valence-electron chi connectivity index (χ3n) is 5.12. The maximum atomic E-state index is 13.6. The van der Waals surface area contributed by atoms with Gasteiger partial charge in [0.15, 0.2) is 5.78 Å². The molecule has 0 aromatic heterocycles. The van der Waals surface area contributed by atoms with Crippen LogP contribution in [0.1, 0.15) is 37.7 Å². The van der Waals surface area contributed by atoms with Crippen molar-refractivity contribution in [3.8, 4) is 0 Å². The molecule has 2 aliphatic rings. The maximum absolute atomic E-state index is 13.6. The molecule has 1 aromatic rings. The van der Waals surface area contributed by atoms with Crippen LogP contribution < -0.4 is 0 Å². The second-order valence-electron chi connectivity index (χ2n) is 6.64. The summed E-state index contributed by atoms with van der Waals surface area (Å²) in [5, 5.41) is 0. The van der Waals surface area contributed by atoms with Crippen LogP contribution in [0.3, 0.4) is 0 Å². The number of ketones is 1. The summed E-state index contributed by atoms with van der Waals surface area (Å²) in [5.41, 5.74) is 0.523. The van der Waals surface area contributed by atoms with Crippen LogP contribution in [0.5, 0.6) is 0 Å². The molecule has 2 unspecified atom stereocenters. The number of rotatable bonds is 4. The van der Waals surface area contributed by atoms with Crippen molar-refractivity contribution in [2.24, 2.45) is 11.8 Å². The number of likely N-dealkylation sites (tertiary alicyclic amines) is 1. The number of Topliss-reactive ketones (excluding diaryl/α,β-unsaturated/α-hetero) is 1. The highest BCUT2D eigenvalue weighted by Gasteiger charge is 2.31. The van der Waals surface area contributed by atoms with Crippen molar-refractivity contribution in [1.29, 1.82) is 0 Å². The summed E-state index contributed by atoms with van der Waals surface area (Å²) in [6.45, 7) is 2.58. The monoisotopic (exact) mass is 289 g/mol. The fraction of sp³-hybridized carbons (Fsp3) is 0.611. The van der Waals surface area contributed by atoms with Gasteiger partial charge < -0.3 is 0 Å². The van der Waals surface area contributed by atoms with Gasteiger partial charge in [0.2, 0.25) is 0 Å². The highest BCUT2D eigenvalue weighted by Crippen LogP contribution is 2.35. The zero-order chi connectivity index (χ0) is 14.7. The van der Waals surface area contributed by atoms with Crippen molar-refractivity contribution in [3.05, 3.63) is 35.6 Å². The summed E-state index contributed by atoms with van der Waals surface area (Å²) >= 11 is 0. The molecule has 0 bridgehead atoms. The Balaban J connectivity index is 1.52. The van der Waals surface area contributed by atoms with Crippen LogP contribution in [0.4, 0.5) is 4.39 Å². The number of hydrogen-bond acceptors (Lipinski definition) is 2. The average molecular weight is 289 g/mol. The Kier molecular flexibility index (Phi) is 4.69. The quantitative estimate of drug-likeness (QED) is 0.846. The number of nitrogens with zero attached hydrogens (tertiary/aromatic N) is 1. The van der Waals surface area contributed by atoms with E-state index in [1.54, 1.807) is 18.2 Å². The molecule has 0 spiro atoms. The Labute approximate surface area is 126 Å². The first-order valence-electron chi connectivity index (χ1n) is 8.20. The fourth-order valence-corrected chi connectivity index (χ4v) is 3.98. The molecule has 0 radical (unpaired) electrons. The van der Waals surface area contributed by atoms with Crippen LogP contribution >= 0.6 is 0 Å². The molecular weight excluding hydrogens is 265 g/mol. The van der Waals surface area contributed by atoms with Crippen molar-refractivity contribution >= 4 is 5.78 Å². The lowest BCUT2D eigenvalue weighted by Crippen LogP contribution is -2.44. The number of carbonyl (C=O) groups is 1. The topological polar surface area (TPSA) is 20.3 Å². The van der Waals surface area contributed by atoms with E-state index in [1.165, 1.54) is 38.2 Å². The number of halogens is 1. The molecule has 2 nitrogen and oxygen atoms in total. The summed E-state index contributed by atoms with van der Waals surface area (Å²) in [7, 11) is 0. The molecule has 1 saturated carbocycles. The molecule has 21 heavy (non-hydrogen) atoms. The van der Waals surface area contributed by atoms with E-state index in [0.717, 1.165) is 24.9 Å². The van der Waals surface area contributed by atoms with Gasteiger partial charge in [-0.3, -0.25) is 9.69 Å². The van der Waals surface area contributed by atoms with Crippen LogP contribution in [0.25, 0.3) is 0 Å². The first-order valence-corrected chi connectivity index (χ1v) is 8.20. The minimum atomic E-state index is -0.267. The van der Waals surface area contributed by atoms with Crippen LogP contribution in [0, 0.1) is 17.7 Å². The normalized spacial score (nSPS) is 26.3. The molecule has 0 amide bonds. The third kappa shape index (κ3) is 3.70. The van der Waals surface area contributed by atoms with Gasteiger partial charge in [-0.2, -0.15) is 0 Å². The van der Waals surface area contributed by atoms with E-state index in [-0.39, 0.29) is 18.0 Å². The number of piperidine rings is 1. The van der Waals surface area contributed by atoms with Gasteiger partial charge >= 0.3 is 0 Å². The standard InChI is InChI=1S/C18H24FNO/c19-18-8-4-3-6-15(18)11-17(21)13-20-10-9-14-5-1-2-7-16(14)12-20/h3-4,6,8,14,16H,1-2,5,7,9-13H2. The zero-order valence-electron chi connectivity index (χ0n) is 12.6. The highest BCUT2D eigenvalue weighted by atomic mass is 19.1. The van der Waals surface area contributed by atoms with E-state index in [0.29, 0.717) is 12.1 Å². The van der Waals surface area contributed by atoms with E-state index >= 15 is 0 Å². The van der Waals surface area contributed by atoms with Crippen LogP contribution in [-0.2, 0) is 11.2 Å². The average Bonchev–Trinajstić information content (AvgIpc) is 2.49. The summed E-state index contributed by atoms with van der Waals surface area (Å²) in [6.07, 6.45) is 6.88. The summed E-state index contributed by atoms with van der Waals surface area (Å²) in [4.78, 5) is 14.5. The van der Waals surface area contributed by atoms with Gasteiger partial charge in [0.25, 0.3) is 0 Å². The van der Waals surface area contributed by atoms with Crippen molar-refractivity contribution < 1.29 is 9.18 Å². The van der Waals surface area contributed by atoms with Gasteiger partial charge in [0, 0.05) is 13.0 Å². The van der Waals surface area contributed by atoms with Gasteiger partial charge in [0.05, 0.1) is 6.54 Å². The number of benzene rings is 1. The molecular formula is C18H24FNO. The Hall–Kier alpha value is -1.22. The van der Waals surface area contributed by atoms with E-state index in [9.17, 15) is 9.18 Å². The minimum absolute atomic E-state index is 0.134. The Morgan fingerprint density at radius 3 is 2.71 bits per heavy atom. The smallest absolute Gasteiger partial charge is 0.151 e. The molecule has 3 heteroatoms. The fourth-order valence-electron chi connectivity index (χ4n) is 3.98. The van der Waals surface area contributed by atoms with Gasteiger partial charge in [-0.05, 0) is 42.9 Å². The van der Waals surface area contributed by atoms with Crippen LogP contribution in [-0.4, -0.2) is 30.3 Å². The van der Waals surface area contributed by atoms with Crippen molar-refractivity contribution in [1.82, 2.24) is 4.90 Å². The Bertz CT molecular complexity index is 502. The molecule has 1 aliphatic carbocycles. The highest BCUT2D eigenvalue weighted by molar-refractivity contribution is 5.82. The lowest BCUT2D eigenvalue weighted by Gasteiger charge is -2.41. The summed E-state index contributed by atoms with van der Waals surface area (Å²) in [6, 6.07) is 6.59. The van der Waals surface area contributed by atoms with E-state index in [2.05, 4.69) is 4.90 Å². The number of carbonyl (C=O) groups excluding carboxylic acids is 1. The van der Waals surface area contributed by atoms with Gasteiger partial charge in [-0.25, -0.2) is 4.39 Å². The summed E-state index contributed by atoms with van der Waals surface area (Å²) < 4.78 is 13.6. The lowest BCUT2D eigenvalue weighted by atomic mass is 9.75. The lowest BCUT2D eigenvalue weighted by molar-refractivity contribution is -0.120. The van der Waals surface area contributed by atoms with Gasteiger partial charge in [-0.15, -0.1) is 0 Å². The van der Waals surface area contributed by atoms with Gasteiger partial charge in [-0.1, -0.05) is 37.5 Å². The number of hydrogen-bond donors (Lipinski definition) is 0. The third-order valence-corrected chi connectivity index (χ3v) is 5.12. The molecule has 1 aliphatic heterocycles. The SMILES string of the molecule is O=C(Cc1ccccc1F)CN1CCC2CCCCC2C1. The van der Waals surface area contributed by atoms with E-state index < -0.39 is 0 Å². The maximum Gasteiger partial charge on any atom is 0.151 e. The molecule has 114 valence electrons. The zero-order valence-corrected chi connectivity index (χ0v) is 12.6. The van der Waals surface area contributed by atoms with Crippen LogP contribution in [0.2, 0.25) is 0 Å². The second kappa shape index (κ2) is 6.69. The van der Waals surface area contributed by atoms with Crippen LogP contribution in [0.15, 0.2) is 24.3 Å². The van der Waals surface area contributed by atoms with Gasteiger partial charge in [0.1, 0.15) is 5.82 Å². The predicted octanol–water partition coefficient (Wildman–Crippen LogP) is 3.45. The van der Waals surface area contributed by atoms with E-state index in [4.69, 9.17) is 0 Å². The van der Waals surface area contributed by atoms with E-state index in [1.807, 2.05) is 0 Å². The molecule has 0 N–H and O–H groups in total. The Morgan fingerprint density at radius 2 is 1.90 bits per heavy atom. The second-order valence-corrected chi connectivity index (χ2v) is 6.64. The van der Waals surface area contributed by atoms with Crippen molar-refractivity contribution in [2.45, 2.75) is 38.5 Å². The van der Waals surface area contributed by atoms with Crippen molar-refractivity contribution in [2.75, 3.05) is 19.6 Å². The summed E-state index contributed by atoms with van der Waals surface area (Å²) in [5.74, 6) is 1.54. The molecule has 2 fully saturated rings. The molecule has 1 heterocycles.